The predicted octanol–water partition coefficient (Wildman–Crippen LogP) is 3.41. The fourth-order valence-electron chi connectivity index (χ4n) is 3.54. The number of fused-ring (bicyclic) bond motifs is 1. The maximum atomic E-state index is 5.62. The van der Waals surface area contributed by atoms with Crippen LogP contribution in [0.5, 0.6) is 11.5 Å². The van der Waals surface area contributed by atoms with Crippen LogP contribution in [-0.2, 0) is 10.2 Å². The lowest BCUT2D eigenvalue weighted by Crippen LogP contribution is -2.43. The average Bonchev–Trinajstić information content (AvgIpc) is 3.31. The summed E-state index contributed by atoms with van der Waals surface area (Å²) in [6.07, 6.45) is 5.51. The van der Waals surface area contributed by atoms with Gasteiger partial charge in [0.15, 0.2) is 11.5 Å². The molecule has 0 radical (unpaired) electrons. The lowest BCUT2D eigenvalue weighted by Gasteiger charge is -2.39. The van der Waals surface area contributed by atoms with Gasteiger partial charge in [0.2, 0.25) is 6.79 Å². The standard InChI is InChI=1S/C19H23NO4/c1-14(15-4-7-22-11-15)20-12-19(5-8-21-9-6-19)16-2-3-17-18(10-16)24-13-23-17/h2-4,7,10-11,14,20H,5-6,8-9,12-13H2,1H3. The second kappa shape index (κ2) is 6.49. The summed E-state index contributed by atoms with van der Waals surface area (Å²) in [5, 5.41) is 3.67. The number of rotatable bonds is 5. The maximum absolute atomic E-state index is 5.62. The first kappa shape index (κ1) is 15.5. The molecular formula is C19H23NO4. The third kappa shape index (κ3) is 2.89. The van der Waals surface area contributed by atoms with Gasteiger partial charge in [-0.1, -0.05) is 6.07 Å². The second-order valence-corrected chi connectivity index (χ2v) is 6.62. The molecule has 0 bridgehead atoms. The van der Waals surface area contributed by atoms with Crippen LogP contribution >= 0.6 is 0 Å². The molecule has 0 aliphatic carbocycles. The number of nitrogens with one attached hydrogen (secondary N) is 1. The van der Waals surface area contributed by atoms with Gasteiger partial charge in [-0.2, -0.15) is 0 Å². The third-order valence-corrected chi connectivity index (χ3v) is 5.22. The van der Waals surface area contributed by atoms with E-state index in [0.717, 1.165) is 44.1 Å². The summed E-state index contributed by atoms with van der Waals surface area (Å²) in [6.45, 7) is 4.94. The van der Waals surface area contributed by atoms with Gasteiger partial charge in [0.05, 0.1) is 12.5 Å². The van der Waals surface area contributed by atoms with Gasteiger partial charge in [-0.15, -0.1) is 0 Å². The Morgan fingerprint density at radius 2 is 1.96 bits per heavy atom. The number of hydrogen-bond donors (Lipinski definition) is 1. The summed E-state index contributed by atoms with van der Waals surface area (Å²) in [6, 6.07) is 8.59. The molecule has 0 amide bonds. The summed E-state index contributed by atoms with van der Waals surface area (Å²) in [7, 11) is 0. The fraction of sp³-hybridized carbons (Fsp3) is 0.474. The Morgan fingerprint density at radius 1 is 1.12 bits per heavy atom. The highest BCUT2D eigenvalue weighted by molar-refractivity contribution is 5.47. The van der Waals surface area contributed by atoms with Crippen molar-refractivity contribution >= 4 is 0 Å². The Balaban J connectivity index is 1.56. The van der Waals surface area contributed by atoms with E-state index in [0.29, 0.717) is 6.79 Å². The summed E-state index contributed by atoms with van der Waals surface area (Å²) < 4.78 is 21.8. The van der Waals surface area contributed by atoms with Crippen LogP contribution in [0, 0.1) is 0 Å². The molecule has 1 aromatic carbocycles. The van der Waals surface area contributed by atoms with Gasteiger partial charge in [0, 0.05) is 36.8 Å². The zero-order chi connectivity index (χ0) is 16.4. The van der Waals surface area contributed by atoms with E-state index in [9.17, 15) is 0 Å². The first-order valence-electron chi connectivity index (χ1n) is 8.50. The summed E-state index contributed by atoms with van der Waals surface area (Å²) >= 11 is 0. The predicted molar refractivity (Wildman–Crippen MR) is 89.4 cm³/mol. The number of ether oxygens (including phenoxy) is 3. The Hall–Kier alpha value is -1.98. The van der Waals surface area contributed by atoms with Crippen molar-refractivity contribution in [2.75, 3.05) is 26.6 Å². The highest BCUT2D eigenvalue weighted by Gasteiger charge is 2.35. The molecule has 1 saturated heterocycles. The molecule has 1 aromatic heterocycles. The fourth-order valence-corrected chi connectivity index (χ4v) is 3.54. The molecule has 128 valence electrons. The van der Waals surface area contributed by atoms with Crippen LogP contribution in [0.3, 0.4) is 0 Å². The van der Waals surface area contributed by atoms with E-state index in [-0.39, 0.29) is 11.5 Å². The van der Waals surface area contributed by atoms with Crippen molar-refractivity contribution in [2.45, 2.75) is 31.2 Å². The molecule has 1 unspecified atom stereocenters. The van der Waals surface area contributed by atoms with Gasteiger partial charge in [-0.05, 0) is 43.5 Å². The molecule has 5 nitrogen and oxygen atoms in total. The van der Waals surface area contributed by atoms with E-state index in [1.165, 1.54) is 11.1 Å². The number of benzene rings is 1. The number of hydrogen-bond acceptors (Lipinski definition) is 5. The van der Waals surface area contributed by atoms with Crippen molar-refractivity contribution in [1.82, 2.24) is 5.32 Å². The van der Waals surface area contributed by atoms with E-state index >= 15 is 0 Å². The van der Waals surface area contributed by atoms with E-state index in [4.69, 9.17) is 18.6 Å². The lowest BCUT2D eigenvalue weighted by atomic mass is 9.74. The first-order chi connectivity index (χ1) is 11.8. The molecule has 24 heavy (non-hydrogen) atoms. The normalized spacial score (nSPS) is 20.0. The minimum atomic E-state index is 0.0528. The molecule has 1 fully saturated rings. The monoisotopic (exact) mass is 329 g/mol. The largest absolute Gasteiger partial charge is 0.472 e. The smallest absolute Gasteiger partial charge is 0.231 e. The van der Waals surface area contributed by atoms with E-state index in [2.05, 4.69) is 24.4 Å². The van der Waals surface area contributed by atoms with Crippen LogP contribution in [0.1, 0.15) is 36.9 Å². The molecule has 3 heterocycles. The van der Waals surface area contributed by atoms with Crippen LogP contribution in [0.25, 0.3) is 0 Å². The maximum Gasteiger partial charge on any atom is 0.231 e. The van der Waals surface area contributed by atoms with Gasteiger partial charge in [0.1, 0.15) is 0 Å². The number of furan rings is 1. The third-order valence-electron chi connectivity index (χ3n) is 5.22. The Labute approximate surface area is 141 Å². The summed E-state index contributed by atoms with van der Waals surface area (Å²) in [5.74, 6) is 1.68. The van der Waals surface area contributed by atoms with Gasteiger partial charge in [0.25, 0.3) is 0 Å². The van der Waals surface area contributed by atoms with Crippen molar-refractivity contribution in [1.29, 1.82) is 0 Å². The highest BCUT2D eigenvalue weighted by Crippen LogP contribution is 2.40. The van der Waals surface area contributed by atoms with Gasteiger partial charge >= 0.3 is 0 Å². The minimum Gasteiger partial charge on any atom is -0.472 e. The zero-order valence-corrected chi connectivity index (χ0v) is 13.9. The summed E-state index contributed by atoms with van der Waals surface area (Å²) in [4.78, 5) is 0. The van der Waals surface area contributed by atoms with E-state index in [1.54, 1.807) is 12.5 Å². The molecule has 4 rings (SSSR count). The molecule has 2 aliphatic heterocycles. The van der Waals surface area contributed by atoms with Crippen molar-refractivity contribution in [3.8, 4) is 11.5 Å². The second-order valence-electron chi connectivity index (χ2n) is 6.62. The van der Waals surface area contributed by atoms with Gasteiger partial charge in [-0.3, -0.25) is 0 Å². The minimum absolute atomic E-state index is 0.0528. The van der Waals surface area contributed by atoms with E-state index in [1.807, 2.05) is 12.1 Å². The quantitative estimate of drug-likeness (QED) is 0.911. The summed E-state index contributed by atoms with van der Waals surface area (Å²) in [5.41, 5.74) is 2.52. The van der Waals surface area contributed by atoms with Gasteiger partial charge < -0.3 is 23.9 Å². The Morgan fingerprint density at radius 3 is 2.75 bits per heavy atom. The molecular weight excluding hydrogens is 306 g/mol. The molecule has 1 atom stereocenters. The van der Waals surface area contributed by atoms with Crippen molar-refractivity contribution in [2.24, 2.45) is 0 Å². The molecule has 2 aliphatic rings. The van der Waals surface area contributed by atoms with Crippen LogP contribution < -0.4 is 14.8 Å². The van der Waals surface area contributed by atoms with E-state index < -0.39 is 0 Å². The molecule has 2 aromatic rings. The molecule has 0 spiro atoms. The van der Waals surface area contributed by atoms with Crippen LogP contribution in [0.2, 0.25) is 0 Å². The Kier molecular flexibility index (Phi) is 4.21. The SMILES string of the molecule is CC(NCC1(c2ccc3c(c2)OCO3)CCOCC1)c1ccoc1. The average molecular weight is 329 g/mol. The van der Waals surface area contributed by atoms with Crippen molar-refractivity contribution in [3.63, 3.8) is 0 Å². The van der Waals surface area contributed by atoms with Crippen molar-refractivity contribution < 1.29 is 18.6 Å². The molecule has 1 N–H and O–H groups in total. The topological polar surface area (TPSA) is 52.9 Å². The van der Waals surface area contributed by atoms with Crippen LogP contribution in [0.15, 0.2) is 41.2 Å². The van der Waals surface area contributed by atoms with Crippen LogP contribution in [0.4, 0.5) is 0 Å². The highest BCUT2D eigenvalue weighted by atomic mass is 16.7. The zero-order valence-electron chi connectivity index (χ0n) is 13.9. The lowest BCUT2D eigenvalue weighted by molar-refractivity contribution is 0.0489. The van der Waals surface area contributed by atoms with Crippen LogP contribution in [-0.4, -0.2) is 26.6 Å². The molecule has 0 saturated carbocycles. The Bertz CT molecular complexity index is 677. The first-order valence-corrected chi connectivity index (χ1v) is 8.50. The van der Waals surface area contributed by atoms with Crippen molar-refractivity contribution in [3.05, 3.63) is 47.9 Å². The molecule has 5 heteroatoms. The van der Waals surface area contributed by atoms with Gasteiger partial charge in [-0.25, -0.2) is 0 Å².